The maximum Gasteiger partial charge on any atom is 0.137 e. The lowest BCUT2D eigenvalue weighted by atomic mass is 9.71. The van der Waals surface area contributed by atoms with Gasteiger partial charge in [0.05, 0.1) is 22.4 Å². The smallest absolute Gasteiger partial charge is 0.137 e. The van der Waals surface area contributed by atoms with E-state index in [2.05, 4.69) is 260 Å². The molecule has 3 heterocycles. The van der Waals surface area contributed by atoms with E-state index < -0.39 is 5.41 Å². The van der Waals surface area contributed by atoms with Crippen molar-refractivity contribution in [2.75, 3.05) is 16.5 Å². The van der Waals surface area contributed by atoms with Crippen molar-refractivity contribution in [1.29, 1.82) is 0 Å². The van der Waals surface area contributed by atoms with Crippen molar-refractivity contribution in [2.45, 2.75) is 90.9 Å². The van der Waals surface area contributed by atoms with E-state index in [1.54, 1.807) is 0 Å². The van der Waals surface area contributed by atoms with Crippen LogP contribution in [-0.4, -0.2) is 16.2 Å². The molecule has 0 atom stereocenters. The number of benzene rings is 7. The van der Waals surface area contributed by atoms with Gasteiger partial charge in [-0.05, 0) is 123 Å². The number of rotatable bonds is 8. The van der Waals surface area contributed by atoms with Gasteiger partial charge in [-0.15, -0.1) is 0 Å². The molecule has 0 fully saturated rings. The average Bonchev–Trinajstić information content (AvgIpc) is 3.87. The highest BCUT2D eigenvalue weighted by atomic mass is 16.5. The Kier molecular flexibility index (Phi) is 10.7. The minimum atomic E-state index is -0.415. The lowest BCUT2D eigenvalue weighted by Gasteiger charge is -2.32. The number of anilines is 4. The van der Waals surface area contributed by atoms with Crippen molar-refractivity contribution >= 4 is 44.6 Å². The number of para-hydroxylation sites is 3. The SMILES string of the molecule is CC(C)(C)c1cc(Oc2ccc3c4ccccc4n(-c4cc(C(C)(c5ccccc5)c5ccccc5)ccn4)c3c2)cc(N2CN(c3cc(C(C)(C)C)cc(C(C)(C)C)c3)c3ccccc32)c1. The lowest BCUT2D eigenvalue weighted by Crippen LogP contribution is -2.26. The van der Waals surface area contributed by atoms with Gasteiger partial charge >= 0.3 is 0 Å². The van der Waals surface area contributed by atoms with Crippen LogP contribution in [0.4, 0.5) is 22.7 Å². The molecule has 0 spiro atoms. The van der Waals surface area contributed by atoms with Crippen molar-refractivity contribution in [3.63, 3.8) is 0 Å². The maximum absolute atomic E-state index is 7.03. The number of ether oxygens (including phenoxy) is 1. The molecule has 5 nitrogen and oxygen atoms in total. The molecule has 2 aromatic heterocycles. The molecule has 0 saturated carbocycles. The van der Waals surface area contributed by atoms with Crippen LogP contribution in [0.15, 0.2) is 182 Å². The summed E-state index contributed by atoms with van der Waals surface area (Å²) in [6.45, 7) is 23.7. The summed E-state index contributed by atoms with van der Waals surface area (Å²) in [7, 11) is 0. The quantitative estimate of drug-likeness (QED) is 0.152. The predicted molar refractivity (Wildman–Crippen MR) is 282 cm³/mol. The Hall–Kier alpha value is -7.11. The zero-order valence-corrected chi connectivity index (χ0v) is 40.7. The number of aromatic nitrogens is 2. The van der Waals surface area contributed by atoms with Crippen LogP contribution < -0.4 is 14.5 Å². The summed E-state index contributed by atoms with van der Waals surface area (Å²) in [4.78, 5) is 10.00. The molecule has 1 aliphatic heterocycles. The second-order valence-electron chi connectivity index (χ2n) is 21.6. The summed E-state index contributed by atoms with van der Waals surface area (Å²) in [5.41, 5.74) is 13.8. The van der Waals surface area contributed by atoms with E-state index in [4.69, 9.17) is 9.72 Å². The standard InChI is InChI=1S/C62H62N4O/c1-59(2,3)45-33-46(60(4,5)6)35-48(34-45)64-41-65(56-28-20-19-27-55(56)64)49-36-47(61(7,8)9)37-51(39-49)67-50-29-30-53-52-25-17-18-26-54(52)66(57(53)40-50)58-38-44(31-32-63-58)62(10,42-21-13-11-14-22-42)43-23-15-12-16-24-43/h11-40H,41H2,1-10H3. The van der Waals surface area contributed by atoms with Crippen LogP contribution in [0, 0.1) is 0 Å². The first-order chi connectivity index (χ1) is 32.0. The Morgan fingerprint density at radius 1 is 0.403 bits per heavy atom. The molecule has 336 valence electrons. The average molecular weight is 879 g/mol. The molecule has 0 radical (unpaired) electrons. The van der Waals surface area contributed by atoms with Gasteiger partial charge in [0.1, 0.15) is 24.0 Å². The summed E-state index contributed by atoms with van der Waals surface area (Å²) >= 11 is 0. The maximum atomic E-state index is 7.03. The molecule has 0 unspecified atom stereocenters. The van der Waals surface area contributed by atoms with Gasteiger partial charge in [0.2, 0.25) is 0 Å². The van der Waals surface area contributed by atoms with E-state index in [0.717, 1.165) is 39.4 Å². The van der Waals surface area contributed by atoms with Crippen LogP contribution in [0.1, 0.15) is 103 Å². The number of pyridine rings is 1. The fourth-order valence-electron chi connectivity index (χ4n) is 9.81. The van der Waals surface area contributed by atoms with E-state index in [1.165, 1.54) is 55.8 Å². The Bertz CT molecular complexity index is 3200. The molecule has 9 aromatic rings. The fourth-order valence-corrected chi connectivity index (χ4v) is 9.81. The highest BCUT2D eigenvalue weighted by molar-refractivity contribution is 6.09. The lowest BCUT2D eigenvalue weighted by molar-refractivity contribution is 0.479. The molecule has 0 aliphatic carbocycles. The Balaban J connectivity index is 1.06. The summed E-state index contributed by atoms with van der Waals surface area (Å²) in [5.74, 6) is 2.42. The molecule has 7 aromatic carbocycles. The van der Waals surface area contributed by atoms with E-state index in [1.807, 2.05) is 6.20 Å². The monoisotopic (exact) mass is 878 g/mol. The molecule has 0 saturated heterocycles. The molecule has 0 amide bonds. The Labute approximate surface area is 397 Å². The molecule has 0 bridgehead atoms. The topological polar surface area (TPSA) is 33.5 Å². The van der Waals surface area contributed by atoms with Gasteiger partial charge < -0.3 is 14.5 Å². The predicted octanol–water partition coefficient (Wildman–Crippen LogP) is 16.5. The molecule has 10 rings (SSSR count). The third-order valence-corrected chi connectivity index (χ3v) is 13.9. The van der Waals surface area contributed by atoms with E-state index >= 15 is 0 Å². The van der Waals surface area contributed by atoms with Gasteiger partial charge in [0.25, 0.3) is 0 Å². The van der Waals surface area contributed by atoms with Crippen LogP contribution >= 0.6 is 0 Å². The summed E-state index contributed by atoms with van der Waals surface area (Å²) in [5, 5.41) is 2.31. The highest BCUT2D eigenvalue weighted by Gasteiger charge is 2.33. The normalized spacial score (nSPS) is 13.4. The van der Waals surface area contributed by atoms with Crippen LogP contribution in [0.25, 0.3) is 27.6 Å². The Morgan fingerprint density at radius 2 is 0.910 bits per heavy atom. The molecule has 5 heteroatoms. The van der Waals surface area contributed by atoms with Crippen LogP contribution in [-0.2, 0) is 21.7 Å². The zero-order valence-electron chi connectivity index (χ0n) is 40.7. The largest absolute Gasteiger partial charge is 0.457 e. The number of nitrogens with zero attached hydrogens (tertiary/aromatic N) is 4. The zero-order chi connectivity index (χ0) is 46.9. The number of hydrogen-bond acceptors (Lipinski definition) is 4. The van der Waals surface area contributed by atoms with Crippen molar-refractivity contribution in [3.05, 3.63) is 216 Å². The van der Waals surface area contributed by atoms with Gasteiger partial charge in [0, 0.05) is 45.9 Å². The number of hydrogen-bond donors (Lipinski definition) is 0. The third-order valence-electron chi connectivity index (χ3n) is 13.9. The summed E-state index contributed by atoms with van der Waals surface area (Å²) in [6.07, 6.45) is 1.96. The molecule has 1 aliphatic rings. The van der Waals surface area contributed by atoms with Crippen LogP contribution in [0.2, 0.25) is 0 Å². The molecular weight excluding hydrogens is 817 g/mol. The van der Waals surface area contributed by atoms with Crippen LogP contribution in [0.3, 0.4) is 0 Å². The van der Waals surface area contributed by atoms with Gasteiger partial charge in [-0.3, -0.25) is 4.57 Å². The second kappa shape index (κ2) is 16.3. The number of fused-ring (bicyclic) bond motifs is 4. The van der Waals surface area contributed by atoms with E-state index in [9.17, 15) is 0 Å². The summed E-state index contributed by atoms with van der Waals surface area (Å²) < 4.78 is 9.33. The third kappa shape index (κ3) is 8.05. The first-order valence-electron chi connectivity index (χ1n) is 23.7. The summed E-state index contributed by atoms with van der Waals surface area (Å²) in [6, 6.07) is 63.9. The van der Waals surface area contributed by atoms with Gasteiger partial charge in [0.15, 0.2) is 0 Å². The van der Waals surface area contributed by atoms with Gasteiger partial charge in [-0.25, -0.2) is 4.98 Å². The van der Waals surface area contributed by atoms with Gasteiger partial charge in [-0.1, -0.05) is 159 Å². The second-order valence-corrected chi connectivity index (χ2v) is 21.6. The fraction of sp³-hybridized carbons (Fsp3) is 0.242. The van der Waals surface area contributed by atoms with Gasteiger partial charge in [-0.2, -0.15) is 0 Å². The van der Waals surface area contributed by atoms with Crippen molar-refractivity contribution in [1.82, 2.24) is 9.55 Å². The first kappa shape index (κ1) is 43.8. The molecular formula is C62H62N4O. The van der Waals surface area contributed by atoms with Crippen molar-refractivity contribution < 1.29 is 4.74 Å². The van der Waals surface area contributed by atoms with Crippen molar-refractivity contribution in [3.8, 4) is 17.3 Å². The van der Waals surface area contributed by atoms with E-state index in [-0.39, 0.29) is 16.2 Å². The first-order valence-corrected chi connectivity index (χ1v) is 23.7. The van der Waals surface area contributed by atoms with E-state index in [0.29, 0.717) is 6.67 Å². The minimum absolute atomic E-state index is 0.00624. The Morgan fingerprint density at radius 3 is 1.49 bits per heavy atom. The van der Waals surface area contributed by atoms with Crippen LogP contribution in [0.5, 0.6) is 11.5 Å². The highest BCUT2D eigenvalue weighted by Crippen LogP contribution is 2.48. The molecule has 0 N–H and O–H groups in total. The molecule has 67 heavy (non-hydrogen) atoms. The minimum Gasteiger partial charge on any atom is -0.457 e. The van der Waals surface area contributed by atoms with Crippen molar-refractivity contribution in [2.24, 2.45) is 0 Å².